The van der Waals surface area contributed by atoms with Gasteiger partial charge in [0.25, 0.3) is 0 Å². The van der Waals surface area contributed by atoms with Crippen molar-refractivity contribution in [1.29, 1.82) is 0 Å². The van der Waals surface area contributed by atoms with Crippen molar-refractivity contribution in [3.8, 4) is 5.75 Å². The van der Waals surface area contributed by atoms with Gasteiger partial charge < -0.3 is 45.4 Å². The van der Waals surface area contributed by atoms with Crippen LogP contribution in [0.15, 0.2) is 42.5 Å². The molecule has 62 heavy (non-hydrogen) atoms. The van der Waals surface area contributed by atoms with Gasteiger partial charge in [0.15, 0.2) is 0 Å². The fourth-order valence-corrected chi connectivity index (χ4v) is 8.46. The number of esters is 1. The Kier molecular flexibility index (Phi) is 13.9. The smallest absolute Gasteiger partial charge is 0.458 e. The first-order valence-corrected chi connectivity index (χ1v) is 20.4. The van der Waals surface area contributed by atoms with E-state index in [2.05, 4.69) is 26.0 Å². The fraction of sp³-hybridized carbons (Fsp3) is 0.537. The number of benzene rings is 2. The van der Waals surface area contributed by atoms with Gasteiger partial charge in [0.1, 0.15) is 59.7 Å². The molecule has 8 atom stereocenters. The standard InChI is InChI=1S/C41H48F5N7O9/c1-21-15-32-39(59)61-23(3)33(38(58)52-14-6-8-31(52)37(57)51-13-5-4-7-30(51)35(55)47-22(2)36(56)53(32)20-21)50-34(54)29(18-24-16-25(42)19-26(43)17-24)49-40(60)48-27-9-11-28(12-10-27)62-41(44,45)46/h9-12,16-17,19,21-23,29-33H,4-8,13-15,18,20H2,1-3H3,(H,47,55)(H,50,54)(H2,48,49,60)/t21-,22+,23?,29+,30+,31+,32+,33+/m1/s1. The van der Waals surface area contributed by atoms with Crippen LogP contribution in [0.4, 0.5) is 32.4 Å². The number of carbonyl (C=O) groups excluding carboxylic acids is 7. The molecule has 16 nitrogen and oxygen atoms in total. The average molecular weight is 878 g/mol. The highest BCUT2D eigenvalue weighted by atomic mass is 19.4. The predicted octanol–water partition coefficient (Wildman–Crippen LogP) is 3.14. The summed E-state index contributed by atoms with van der Waals surface area (Å²) >= 11 is 0. The number of cyclic esters (lactones) is 1. The number of ether oxygens (including phenoxy) is 2. The maximum Gasteiger partial charge on any atom is 0.573 e. The maximum absolute atomic E-state index is 14.7. The summed E-state index contributed by atoms with van der Waals surface area (Å²) in [6, 6.07) is -2.32. The number of hydrogen-bond donors (Lipinski definition) is 4. The van der Waals surface area contributed by atoms with E-state index in [1.54, 1.807) is 0 Å². The number of halogens is 5. The molecular formula is C41H48F5N7O9. The fourth-order valence-electron chi connectivity index (χ4n) is 8.46. The topological polar surface area (TPSA) is 196 Å². The molecule has 4 N–H and O–H groups in total. The van der Waals surface area contributed by atoms with Crippen LogP contribution in [0.2, 0.25) is 0 Å². The van der Waals surface area contributed by atoms with E-state index in [9.17, 15) is 55.5 Å². The molecule has 4 saturated heterocycles. The van der Waals surface area contributed by atoms with Crippen molar-refractivity contribution in [3.05, 3.63) is 59.7 Å². The number of rotatable bonds is 7. The first-order valence-electron chi connectivity index (χ1n) is 20.4. The van der Waals surface area contributed by atoms with Crippen LogP contribution in [-0.4, -0.2) is 125 Å². The number of carbonyl (C=O) groups is 7. The Labute approximate surface area is 353 Å². The van der Waals surface area contributed by atoms with E-state index >= 15 is 0 Å². The third-order valence-electron chi connectivity index (χ3n) is 11.4. The molecule has 6 rings (SSSR count). The molecule has 21 heteroatoms. The molecule has 0 aliphatic carbocycles. The lowest BCUT2D eigenvalue weighted by molar-refractivity contribution is -0.274. The molecule has 7 amide bonds. The van der Waals surface area contributed by atoms with Gasteiger partial charge in [-0.3, -0.25) is 24.0 Å². The van der Waals surface area contributed by atoms with Crippen molar-refractivity contribution in [2.24, 2.45) is 5.92 Å². The van der Waals surface area contributed by atoms with Crippen molar-refractivity contribution in [2.75, 3.05) is 25.0 Å². The zero-order chi connectivity index (χ0) is 45.0. The lowest BCUT2D eigenvalue weighted by Gasteiger charge is -2.39. The molecule has 336 valence electrons. The molecule has 0 saturated carbocycles. The number of fused-ring (bicyclic) bond motifs is 3. The second-order valence-electron chi connectivity index (χ2n) is 16.1. The van der Waals surface area contributed by atoms with Gasteiger partial charge in [-0.2, -0.15) is 0 Å². The van der Waals surface area contributed by atoms with Gasteiger partial charge in [-0.05, 0) is 100 Å². The van der Waals surface area contributed by atoms with Crippen LogP contribution in [0.3, 0.4) is 0 Å². The predicted molar refractivity (Wildman–Crippen MR) is 208 cm³/mol. The molecule has 0 spiro atoms. The minimum Gasteiger partial charge on any atom is -0.458 e. The second kappa shape index (κ2) is 18.9. The number of nitrogens with zero attached hydrogens (tertiary/aromatic N) is 3. The summed E-state index contributed by atoms with van der Waals surface area (Å²) in [7, 11) is 0. The summed E-state index contributed by atoms with van der Waals surface area (Å²) < 4.78 is 76.4. The quantitative estimate of drug-likeness (QED) is 0.239. The van der Waals surface area contributed by atoms with Crippen molar-refractivity contribution < 1.29 is 65.0 Å². The van der Waals surface area contributed by atoms with Crippen LogP contribution < -0.4 is 26.0 Å². The lowest BCUT2D eigenvalue weighted by atomic mass is 9.99. The summed E-state index contributed by atoms with van der Waals surface area (Å²) in [4.78, 5) is 102. The summed E-state index contributed by atoms with van der Waals surface area (Å²) in [5, 5.41) is 9.98. The molecule has 2 aromatic carbocycles. The Hall–Kier alpha value is -6.02. The molecule has 0 radical (unpaired) electrons. The Morgan fingerprint density at radius 3 is 2.16 bits per heavy atom. The van der Waals surface area contributed by atoms with Gasteiger partial charge in [-0.15, -0.1) is 13.2 Å². The van der Waals surface area contributed by atoms with E-state index in [-0.39, 0.29) is 49.6 Å². The van der Waals surface area contributed by atoms with Crippen molar-refractivity contribution in [2.45, 2.75) is 114 Å². The zero-order valence-electron chi connectivity index (χ0n) is 34.1. The monoisotopic (exact) mass is 877 g/mol. The molecule has 1 unspecified atom stereocenters. The van der Waals surface area contributed by atoms with E-state index in [0.717, 1.165) is 36.4 Å². The second-order valence-corrected chi connectivity index (χ2v) is 16.1. The summed E-state index contributed by atoms with van der Waals surface area (Å²) in [6.45, 7) is 5.04. The van der Waals surface area contributed by atoms with Crippen LogP contribution in [0.5, 0.6) is 5.75 Å². The molecule has 2 aromatic rings. The highest BCUT2D eigenvalue weighted by Gasteiger charge is 2.47. The molecule has 0 bridgehead atoms. The Morgan fingerprint density at radius 1 is 0.839 bits per heavy atom. The molecule has 0 aromatic heterocycles. The average Bonchev–Trinajstić information content (AvgIpc) is 3.85. The molecule has 4 aliphatic rings. The van der Waals surface area contributed by atoms with Crippen molar-refractivity contribution >= 4 is 47.2 Å². The lowest BCUT2D eigenvalue weighted by Crippen LogP contribution is -2.63. The van der Waals surface area contributed by atoms with Crippen molar-refractivity contribution in [3.63, 3.8) is 0 Å². The number of hydrogen-bond acceptors (Lipinski definition) is 9. The van der Waals surface area contributed by atoms with Crippen LogP contribution in [-0.2, 0) is 39.9 Å². The van der Waals surface area contributed by atoms with Crippen LogP contribution in [0.25, 0.3) is 0 Å². The van der Waals surface area contributed by atoms with E-state index < -0.39 is 114 Å². The van der Waals surface area contributed by atoms with E-state index in [0.29, 0.717) is 31.7 Å². The minimum atomic E-state index is -4.97. The van der Waals surface area contributed by atoms with E-state index in [4.69, 9.17) is 4.74 Å². The maximum atomic E-state index is 14.7. The number of anilines is 1. The Bertz CT molecular complexity index is 2040. The van der Waals surface area contributed by atoms with Crippen LogP contribution in [0.1, 0.15) is 64.9 Å². The van der Waals surface area contributed by atoms with Crippen LogP contribution >= 0.6 is 0 Å². The summed E-state index contributed by atoms with van der Waals surface area (Å²) in [6.07, 6.45) is -4.73. The third-order valence-corrected chi connectivity index (χ3v) is 11.4. The zero-order valence-corrected chi connectivity index (χ0v) is 34.1. The summed E-state index contributed by atoms with van der Waals surface area (Å²) in [5.74, 6) is -7.23. The molecule has 4 aliphatic heterocycles. The summed E-state index contributed by atoms with van der Waals surface area (Å²) in [5.41, 5.74) is -0.136. The van der Waals surface area contributed by atoms with Gasteiger partial charge in [0.05, 0.1) is 0 Å². The first-order chi connectivity index (χ1) is 29.3. The Balaban J connectivity index is 1.32. The molecular weight excluding hydrogens is 829 g/mol. The number of amides is 7. The SMILES string of the molecule is CC1OC(=O)[C@@H]2C[C@@H](C)CN2C(=O)[C@H](C)NC(=O)[C@@H]2CCCCN2C(=O)[C@@H]2CCCN2C(=O)[C@H]1NC(=O)[C@H](Cc1cc(F)cc(F)c1)NC(=O)Nc1ccc(OC(F)(F)F)cc1. The third kappa shape index (κ3) is 10.9. The van der Waals surface area contributed by atoms with Crippen molar-refractivity contribution in [1.82, 2.24) is 30.7 Å². The molecule has 4 fully saturated rings. The van der Waals surface area contributed by atoms with Gasteiger partial charge in [-0.1, -0.05) is 6.92 Å². The van der Waals surface area contributed by atoms with E-state index in [1.165, 1.54) is 28.5 Å². The van der Waals surface area contributed by atoms with Gasteiger partial charge >= 0.3 is 18.4 Å². The van der Waals surface area contributed by atoms with Gasteiger partial charge in [-0.25, -0.2) is 18.4 Å². The van der Waals surface area contributed by atoms with Gasteiger partial charge in [0.2, 0.25) is 29.5 Å². The van der Waals surface area contributed by atoms with Gasteiger partial charge in [0, 0.05) is 37.8 Å². The van der Waals surface area contributed by atoms with E-state index in [1.807, 2.05) is 6.92 Å². The first kappa shape index (κ1) is 45.5. The number of nitrogens with one attached hydrogen (secondary N) is 4. The van der Waals surface area contributed by atoms with Crippen LogP contribution in [0, 0.1) is 17.6 Å². The Morgan fingerprint density at radius 2 is 1.48 bits per heavy atom. The highest BCUT2D eigenvalue weighted by Crippen LogP contribution is 2.29. The number of alkyl halides is 3. The number of urea groups is 1. The normalized spacial score (nSPS) is 26.7. The highest BCUT2D eigenvalue weighted by molar-refractivity contribution is 5.99. The number of piperidine rings is 1. The largest absolute Gasteiger partial charge is 0.573 e. The molecule has 4 heterocycles. The minimum absolute atomic E-state index is 0.0393.